The van der Waals surface area contributed by atoms with Gasteiger partial charge in [-0.2, -0.15) is 5.10 Å². The minimum Gasteiger partial charge on any atom is -0.338 e. The van der Waals surface area contributed by atoms with Crippen LogP contribution in [0.25, 0.3) is 0 Å². The Morgan fingerprint density at radius 1 is 1.07 bits per heavy atom. The first-order valence-corrected chi connectivity index (χ1v) is 9.75. The number of piperidine rings is 1. The minimum atomic E-state index is -0.195. The van der Waals surface area contributed by atoms with Crippen molar-refractivity contribution in [3.63, 3.8) is 0 Å². The number of anilines is 1. The van der Waals surface area contributed by atoms with E-state index in [9.17, 15) is 9.59 Å². The van der Waals surface area contributed by atoms with Crippen LogP contribution in [0.2, 0.25) is 0 Å². The summed E-state index contributed by atoms with van der Waals surface area (Å²) in [6.07, 6.45) is 4.77. The molecular formula is C22H23N5O2. The first-order chi connectivity index (χ1) is 14.2. The molecule has 2 aromatic carbocycles. The summed E-state index contributed by atoms with van der Waals surface area (Å²) in [5.41, 5.74) is 2.46. The van der Waals surface area contributed by atoms with Crippen molar-refractivity contribution < 1.29 is 9.59 Å². The smallest absolute Gasteiger partial charge is 0.253 e. The number of hydrogen-bond acceptors (Lipinski definition) is 4. The van der Waals surface area contributed by atoms with Gasteiger partial charge in [-0.15, -0.1) is 0 Å². The number of nitrogens with zero attached hydrogens (tertiary/aromatic N) is 4. The average molecular weight is 389 g/mol. The first kappa shape index (κ1) is 18.9. The molecule has 0 saturated carbocycles. The maximum Gasteiger partial charge on any atom is 0.253 e. The molecule has 7 nitrogen and oxygen atoms in total. The topological polar surface area (TPSA) is 80.1 Å². The second-order valence-electron chi connectivity index (χ2n) is 7.24. The Kier molecular flexibility index (Phi) is 5.65. The van der Waals surface area contributed by atoms with E-state index in [0.717, 1.165) is 24.1 Å². The van der Waals surface area contributed by atoms with Gasteiger partial charge in [-0.1, -0.05) is 30.3 Å². The molecule has 7 heteroatoms. The SMILES string of the molecule is O=C(Nc1ccccc1)C1CCCN(C(=O)c2ccc(Cn3cncn3)cc2)C1. The normalized spacial score (nSPS) is 16.4. The lowest BCUT2D eigenvalue weighted by Crippen LogP contribution is -2.43. The van der Waals surface area contributed by atoms with Gasteiger partial charge in [-0.05, 0) is 42.7 Å². The molecule has 0 radical (unpaired) electrons. The molecule has 1 N–H and O–H groups in total. The number of aromatic nitrogens is 3. The van der Waals surface area contributed by atoms with Crippen molar-refractivity contribution in [3.8, 4) is 0 Å². The van der Waals surface area contributed by atoms with Gasteiger partial charge in [-0.25, -0.2) is 9.67 Å². The van der Waals surface area contributed by atoms with Gasteiger partial charge in [0, 0.05) is 24.3 Å². The third-order valence-electron chi connectivity index (χ3n) is 5.13. The lowest BCUT2D eigenvalue weighted by Gasteiger charge is -2.32. The highest BCUT2D eigenvalue weighted by Gasteiger charge is 2.29. The van der Waals surface area contributed by atoms with Crippen LogP contribution in [0.15, 0.2) is 67.3 Å². The molecule has 0 spiro atoms. The summed E-state index contributed by atoms with van der Waals surface area (Å²) in [4.78, 5) is 31.2. The molecule has 1 saturated heterocycles. The molecule has 0 aliphatic carbocycles. The van der Waals surface area contributed by atoms with E-state index in [-0.39, 0.29) is 17.7 Å². The summed E-state index contributed by atoms with van der Waals surface area (Å²) < 4.78 is 1.73. The zero-order valence-corrected chi connectivity index (χ0v) is 16.1. The second kappa shape index (κ2) is 8.68. The van der Waals surface area contributed by atoms with Crippen molar-refractivity contribution in [2.45, 2.75) is 19.4 Å². The fraction of sp³-hybridized carbons (Fsp3) is 0.273. The minimum absolute atomic E-state index is 0.0307. The van der Waals surface area contributed by atoms with Crippen molar-refractivity contribution in [2.24, 2.45) is 5.92 Å². The van der Waals surface area contributed by atoms with Crippen molar-refractivity contribution in [2.75, 3.05) is 18.4 Å². The number of benzene rings is 2. The Balaban J connectivity index is 1.37. The standard InChI is InChI=1S/C22H23N5O2/c28-21(25-20-6-2-1-3-7-20)19-5-4-12-26(14-19)22(29)18-10-8-17(9-11-18)13-27-16-23-15-24-27/h1-3,6-11,15-16,19H,4-5,12-14H2,(H,25,28). The third kappa shape index (κ3) is 4.68. The average Bonchev–Trinajstić information content (AvgIpc) is 3.28. The van der Waals surface area contributed by atoms with Crippen LogP contribution in [-0.2, 0) is 11.3 Å². The molecule has 1 aromatic heterocycles. The molecule has 1 atom stereocenters. The van der Waals surface area contributed by atoms with Crippen LogP contribution in [0.4, 0.5) is 5.69 Å². The van der Waals surface area contributed by atoms with Crippen LogP contribution in [-0.4, -0.2) is 44.6 Å². The molecule has 148 valence electrons. The number of likely N-dealkylation sites (tertiary alicyclic amines) is 1. The third-order valence-corrected chi connectivity index (χ3v) is 5.13. The molecule has 1 aliphatic heterocycles. The molecule has 2 heterocycles. The zero-order valence-electron chi connectivity index (χ0n) is 16.1. The lowest BCUT2D eigenvalue weighted by atomic mass is 9.96. The molecule has 1 fully saturated rings. The number of nitrogens with one attached hydrogen (secondary N) is 1. The van der Waals surface area contributed by atoms with Crippen molar-refractivity contribution >= 4 is 17.5 Å². The van der Waals surface area contributed by atoms with Gasteiger partial charge in [0.05, 0.1) is 12.5 Å². The monoisotopic (exact) mass is 389 g/mol. The maximum atomic E-state index is 12.9. The van der Waals surface area contributed by atoms with E-state index in [1.807, 2.05) is 54.6 Å². The van der Waals surface area contributed by atoms with E-state index in [0.29, 0.717) is 25.2 Å². The number of carbonyl (C=O) groups excluding carboxylic acids is 2. The molecule has 0 bridgehead atoms. The van der Waals surface area contributed by atoms with Crippen LogP contribution in [0, 0.1) is 5.92 Å². The van der Waals surface area contributed by atoms with E-state index >= 15 is 0 Å². The highest BCUT2D eigenvalue weighted by molar-refractivity contribution is 5.96. The summed E-state index contributed by atoms with van der Waals surface area (Å²) >= 11 is 0. The number of amides is 2. The zero-order chi connectivity index (χ0) is 20.1. The fourth-order valence-electron chi connectivity index (χ4n) is 3.58. The van der Waals surface area contributed by atoms with Crippen LogP contribution in [0.3, 0.4) is 0 Å². The predicted molar refractivity (Wildman–Crippen MR) is 109 cm³/mol. The Hall–Kier alpha value is -3.48. The van der Waals surface area contributed by atoms with E-state index in [2.05, 4.69) is 15.4 Å². The van der Waals surface area contributed by atoms with Crippen molar-refractivity contribution in [3.05, 3.63) is 78.4 Å². The van der Waals surface area contributed by atoms with Crippen molar-refractivity contribution in [1.29, 1.82) is 0 Å². The van der Waals surface area contributed by atoms with Gasteiger partial charge in [-0.3, -0.25) is 9.59 Å². The van der Waals surface area contributed by atoms with E-state index in [4.69, 9.17) is 0 Å². The highest BCUT2D eigenvalue weighted by Crippen LogP contribution is 2.21. The van der Waals surface area contributed by atoms with E-state index < -0.39 is 0 Å². The Labute approximate surface area is 169 Å². The summed E-state index contributed by atoms with van der Waals surface area (Å²) in [5, 5.41) is 7.04. The summed E-state index contributed by atoms with van der Waals surface area (Å²) in [6.45, 7) is 1.73. The van der Waals surface area contributed by atoms with Crippen molar-refractivity contribution in [1.82, 2.24) is 19.7 Å². The molecule has 29 heavy (non-hydrogen) atoms. The Bertz CT molecular complexity index is 955. The predicted octanol–water partition coefficient (Wildman–Crippen LogP) is 2.82. The maximum absolute atomic E-state index is 12.9. The Morgan fingerprint density at radius 2 is 1.86 bits per heavy atom. The summed E-state index contributed by atoms with van der Waals surface area (Å²) in [5.74, 6) is -0.258. The number of hydrogen-bond donors (Lipinski definition) is 1. The van der Waals surface area contributed by atoms with Crippen LogP contribution in [0.5, 0.6) is 0 Å². The van der Waals surface area contributed by atoms with E-state index in [1.54, 1.807) is 15.9 Å². The van der Waals surface area contributed by atoms with Gasteiger partial charge < -0.3 is 10.2 Å². The number of para-hydroxylation sites is 1. The molecule has 4 rings (SSSR count). The molecule has 1 unspecified atom stereocenters. The van der Waals surface area contributed by atoms with Gasteiger partial charge >= 0.3 is 0 Å². The highest BCUT2D eigenvalue weighted by atomic mass is 16.2. The lowest BCUT2D eigenvalue weighted by molar-refractivity contribution is -0.121. The van der Waals surface area contributed by atoms with Gasteiger partial charge in [0.15, 0.2) is 0 Å². The van der Waals surface area contributed by atoms with Gasteiger partial charge in [0.2, 0.25) is 5.91 Å². The van der Waals surface area contributed by atoms with Gasteiger partial charge in [0.25, 0.3) is 5.91 Å². The van der Waals surface area contributed by atoms with Crippen LogP contribution >= 0.6 is 0 Å². The Morgan fingerprint density at radius 3 is 2.59 bits per heavy atom. The fourth-order valence-corrected chi connectivity index (χ4v) is 3.58. The van der Waals surface area contributed by atoms with Gasteiger partial charge in [0.1, 0.15) is 12.7 Å². The number of carbonyl (C=O) groups is 2. The molecule has 2 amide bonds. The summed E-state index contributed by atoms with van der Waals surface area (Å²) in [6, 6.07) is 16.9. The quantitative estimate of drug-likeness (QED) is 0.728. The van der Waals surface area contributed by atoms with Crippen LogP contribution in [0.1, 0.15) is 28.8 Å². The van der Waals surface area contributed by atoms with E-state index in [1.165, 1.54) is 6.33 Å². The molecule has 1 aliphatic rings. The largest absolute Gasteiger partial charge is 0.338 e. The number of rotatable bonds is 5. The summed E-state index contributed by atoms with van der Waals surface area (Å²) in [7, 11) is 0. The first-order valence-electron chi connectivity index (χ1n) is 9.75. The molecule has 3 aromatic rings. The van der Waals surface area contributed by atoms with Crippen LogP contribution < -0.4 is 5.32 Å². The second-order valence-corrected chi connectivity index (χ2v) is 7.24. The molecular weight excluding hydrogens is 366 g/mol.